The molecule has 116 valence electrons. The fraction of sp³-hybridized carbons (Fsp3) is 0.500. The maximum absolute atomic E-state index is 12.1. The number of amides is 1. The van der Waals surface area contributed by atoms with Gasteiger partial charge in [0.05, 0.1) is 5.69 Å². The van der Waals surface area contributed by atoms with Crippen LogP contribution in [-0.4, -0.2) is 26.1 Å². The Labute approximate surface area is 133 Å². The first-order chi connectivity index (χ1) is 9.50. The minimum Gasteiger partial charge on any atom is -0.310 e. The lowest BCUT2D eigenvalue weighted by Crippen LogP contribution is -2.32. The van der Waals surface area contributed by atoms with Gasteiger partial charge in [-0.25, -0.2) is 13.6 Å². The molecule has 0 aliphatic carbocycles. The standard InChI is InChI=1S/C14H19BrN2O3S/c1-14(2,3)9-4-5-12(11(15)6-9)17-8-10(7-13(17)18)21(16,19)20/h4-6,10H,7-8H2,1-3H3,(H2,16,19,20). The van der Waals surface area contributed by atoms with E-state index in [-0.39, 0.29) is 24.3 Å². The monoisotopic (exact) mass is 374 g/mol. The summed E-state index contributed by atoms with van der Waals surface area (Å²) in [6.45, 7) is 6.41. The number of nitrogens with two attached hydrogens (primary N) is 1. The molecule has 0 radical (unpaired) electrons. The zero-order valence-electron chi connectivity index (χ0n) is 12.3. The summed E-state index contributed by atoms with van der Waals surface area (Å²) in [5.74, 6) is -0.224. The molecule has 5 nitrogen and oxygen atoms in total. The van der Waals surface area contributed by atoms with Crippen molar-refractivity contribution < 1.29 is 13.2 Å². The second-order valence-electron chi connectivity index (χ2n) is 6.34. The molecule has 1 atom stereocenters. The number of hydrogen-bond donors (Lipinski definition) is 1. The molecule has 1 unspecified atom stereocenters. The quantitative estimate of drug-likeness (QED) is 0.860. The van der Waals surface area contributed by atoms with Crippen LogP contribution in [0.15, 0.2) is 22.7 Å². The summed E-state index contributed by atoms with van der Waals surface area (Å²) in [5, 5.41) is 4.31. The van der Waals surface area contributed by atoms with Gasteiger partial charge in [-0.3, -0.25) is 4.79 Å². The molecule has 0 aromatic heterocycles. The van der Waals surface area contributed by atoms with Gasteiger partial charge in [0.15, 0.2) is 0 Å². The molecule has 0 bridgehead atoms. The summed E-state index contributed by atoms with van der Waals surface area (Å²) in [6.07, 6.45) is -0.0632. The Morgan fingerprint density at radius 1 is 1.33 bits per heavy atom. The predicted molar refractivity (Wildman–Crippen MR) is 86.7 cm³/mol. The van der Waals surface area contributed by atoms with Gasteiger partial charge in [-0.05, 0) is 39.0 Å². The molecule has 1 aromatic carbocycles. The first-order valence-electron chi connectivity index (χ1n) is 6.62. The number of carbonyl (C=O) groups is 1. The van der Waals surface area contributed by atoms with Gasteiger partial charge in [0.25, 0.3) is 0 Å². The van der Waals surface area contributed by atoms with Crippen molar-refractivity contribution in [2.75, 3.05) is 11.4 Å². The van der Waals surface area contributed by atoms with Crippen molar-refractivity contribution in [3.8, 4) is 0 Å². The maximum atomic E-state index is 12.1. The van der Waals surface area contributed by atoms with Crippen LogP contribution in [0.4, 0.5) is 5.69 Å². The van der Waals surface area contributed by atoms with Gasteiger partial charge in [0.2, 0.25) is 15.9 Å². The van der Waals surface area contributed by atoms with Crippen LogP contribution in [0.2, 0.25) is 0 Å². The zero-order valence-corrected chi connectivity index (χ0v) is 14.7. The molecule has 7 heteroatoms. The molecular weight excluding hydrogens is 356 g/mol. The Morgan fingerprint density at radius 3 is 2.38 bits per heavy atom. The fourth-order valence-corrected chi connectivity index (χ4v) is 3.64. The lowest BCUT2D eigenvalue weighted by atomic mass is 9.87. The molecule has 1 amide bonds. The van der Waals surface area contributed by atoms with E-state index in [0.717, 1.165) is 10.0 Å². The summed E-state index contributed by atoms with van der Waals surface area (Å²) in [4.78, 5) is 13.5. The number of primary sulfonamides is 1. The Morgan fingerprint density at radius 2 is 1.95 bits per heavy atom. The van der Waals surface area contributed by atoms with Crippen LogP contribution in [0.25, 0.3) is 0 Å². The van der Waals surface area contributed by atoms with Crippen molar-refractivity contribution in [3.05, 3.63) is 28.2 Å². The average Bonchev–Trinajstić information content (AvgIpc) is 2.70. The molecule has 0 saturated carbocycles. The molecule has 1 aliphatic heterocycles. The molecule has 1 aliphatic rings. The topological polar surface area (TPSA) is 80.5 Å². The summed E-state index contributed by atoms with van der Waals surface area (Å²) in [7, 11) is -3.70. The molecule has 1 aromatic rings. The molecule has 2 rings (SSSR count). The van der Waals surface area contributed by atoms with Crippen molar-refractivity contribution in [1.29, 1.82) is 0 Å². The van der Waals surface area contributed by atoms with Crippen molar-refractivity contribution in [2.45, 2.75) is 37.9 Å². The Bertz CT molecular complexity index is 680. The van der Waals surface area contributed by atoms with Gasteiger partial charge in [-0.1, -0.05) is 26.8 Å². The smallest absolute Gasteiger partial charge is 0.228 e. The van der Waals surface area contributed by atoms with Crippen molar-refractivity contribution >= 4 is 37.5 Å². The number of sulfonamides is 1. The average molecular weight is 375 g/mol. The van der Waals surface area contributed by atoms with Crippen LogP contribution in [0.1, 0.15) is 32.8 Å². The van der Waals surface area contributed by atoms with Gasteiger partial charge < -0.3 is 4.90 Å². The number of rotatable bonds is 2. The van der Waals surface area contributed by atoms with Crippen LogP contribution < -0.4 is 10.0 Å². The molecule has 1 saturated heterocycles. The van der Waals surface area contributed by atoms with Gasteiger partial charge in [-0.15, -0.1) is 0 Å². The Balaban J connectivity index is 2.34. The molecule has 2 N–H and O–H groups in total. The number of benzene rings is 1. The SMILES string of the molecule is CC(C)(C)c1ccc(N2CC(S(N)(=O)=O)CC2=O)c(Br)c1. The van der Waals surface area contributed by atoms with Crippen LogP contribution in [0.5, 0.6) is 0 Å². The van der Waals surface area contributed by atoms with E-state index in [1.807, 2.05) is 18.2 Å². The number of anilines is 1. The minimum absolute atomic E-state index is 0.000792. The van der Waals surface area contributed by atoms with Gasteiger partial charge in [-0.2, -0.15) is 0 Å². The first-order valence-corrected chi connectivity index (χ1v) is 9.02. The van der Waals surface area contributed by atoms with E-state index in [0.29, 0.717) is 5.69 Å². The Hall–Kier alpha value is -0.920. The van der Waals surface area contributed by atoms with Crippen molar-refractivity contribution in [3.63, 3.8) is 0 Å². The van der Waals surface area contributed by atoms with Crippen molar-refractivity contribution in [2.24, 2.45) is 5.14 Å². The van der Waals surface area contributed by atoms with E-state index >= 15 is 0 Å². The highest BCUT2D eigenvalue weighted by Crippen LogP contribution is 2.34. The summed E-state index contributed by atoms with van der Waals surface area (Å²) >= 11 is 3.47. The molecule has 21 heavy (non-hydrogen) atoms. The number of nitrogens with zero attached hydrogens (tertiary/aromatic N) is 1. The molecule has 0 spiro atoms. The lowest BCUT2D eigenvalue weighted by molar-refractivity contribution is -0.117. The summed E-state index contributed by atoms with van der Waals surface area (Å²) in [5.41, 5.74) is 1.81. The second kappa shape index (κ2) is 5.37. The molecule has 1 fully saturated rings. The van der Waals surface area contributed by atoms with Crippen LogP contribution in [0.3, 0.4) is 0 Å². The van der Waals surface area contributed by atoms with Crippen LogP contribution >= 0.6 is 15.9 Å². The normalized spacial score (nSPS) is 20.1. The third-order valence-corrected chi connectivity index (χ3v) is 5.54. The highest BCUT2D eigenvalue weighted by atomic mass is 79.9. The third-order valence-electron chi connectivity index (χ3n) is 3.66. The molecule has 1 heterocycles. The lowest BCUT2D eigenvalue weighted by Gasteiger charge is -2.23. The first kappa shape index (κ1) is 16.5. The molecular formula is C14H19BrN2O3S. The van der Waals surface area contributed by atoms with Crippen molar-refractivity contribution in [1.82, 2.24) is 0 Å². The summed E-state index contributed by atoms with van der Waals surface area (Å²) in [6, 6.07) is 5.76. The van der Waals surface area contributed by atoms with E-state index < -0.39 is 15.3 Å². The number of hydrogen-bond acceptors (Lipinski definition) is 3. The van der Waals surface area contributed by atoms with Gasteiger partial charge >= 0.3 is 0 Å². The predicted octanol–water partition coefficient (Wildman–Crippen LogP) is 2.14. The zero-order chi connectivity index (χ0) is 16.0. The van der Waals surface area contributed by atoms with E-state index in [1.54, 1.807) is 0 Å². The van der Waals surface area contributed by atoms with Crippen LogP contribution in [0, 0.1) is 0 Å². The number of halogens is 1. The van der Waals surface area contributed by atoms with E-state index in [2.05, 4.69) is 36.7 Å². The largest absolute Gasteiger partial charge is 0.310 e. The van der Waals surface area contributed by atoms with Crippen LogP contribution in [-0.2, 0) is 20.2 Å². The van der Waals surface area contributed by atoms with E-state index in [4.69, 9.17) is 5.14 Å². The minimum atomic E-state index is -3.70. The summed E-state index contributed by atoms with van der Waals surface area (Å²) < 4.78 is 23.6. The van der Waals surface area contributed by atoms with Gasteiger partial charge in [0, 0.05) is 17.4 Å². The number of carbonyl (C=O) groups excluding carboxylic acids is 1. The second-order valence-corrected chi connectivity index (χ2v) is 9.03. The third kappa shape index (κ3) is 3.46. The van der Waals surface area contributed by atoms with E-state index in [9.17, 15) is 13.2 Å². The highest BCUT2D eigenvalue weighted by Gasteiger charge is 2.37. The van der Waals surface area contributed by atoms with E-state index in [1.165, 1.54) is 4.90 Å². The highest BCUT2D eigenvalue weighted by molar-refractivity contribution is 9.10. The fourth-order valence-electron chi connectivity index (χ4n) is 2.32. The maximum Gasteiger partial charge on any atom is 0.228 e. The Kier molecular flexibility index (Phi) is 4.21. The van der Waals surface area contributed by atoms with Gasteiger partial charge in [0.1, 0.15) is 5.25 Å².